The summed E-state index contributed by atoms with van der Waals surface area (Å²) in [6.45, 7) is 31.9. The number of unbranched alkanes of at least 4 members (excludes halogenated alkanes) is 2. The highest BCUT2D eigenvalue weighted by Crippen LogP contribution is 2.53. The van der Waals surface area contributed by atoms with Crippen LogP contribution in [-0.2, 0) is 83.2 Å². The summed E-state index contributed by atoms with van der Waals surface area (Å²) >= 11 is 13.1. The molecule has 2 spiro atoms. The Morgan fingerprint density at radius 3 is 1.16 bits per heavy atom. The molecular weight excluding hydrogens is 1720 g/mol. The summed E-state index contributed by atoms with van der Waals surface area (Å²) in [5, 5.41) is 41.9. The number of aliphatic hydroxyl groups is 2. The Kier molecular flexibility index (Phi) is 30.5. The van der Waals surface area contributed by atoms with Gasteiger partial charge in [0.2, 0.25) is 11.2 Å². The van der Waals surface area contributed by atoms with Gasteiger partial charge < -0.3 is 47.8 Å². The van der Waals surface area contributed by atoms with E-state index in [1.807, 2.05) is 24.3 Å². The van der Waals surface area contributed by atoms with Gasteiger partial charge in [-0.1, -0.05) is 235 Å². The van der Waals surface area contributed by atoms with E-state index in [1.165, 1.54) is 57.2 Å². The lowest BCUT2D eigenvalue weighted by atomic mass is 9.68. The van der Waals surface area contributed by atoms with Gasteiger partial charge in [0, 0.05) is 60.1 Å². The SMILES string of the molecule is C=CCCCN(C[C@@](O)(C(=O)OC)c1ccc2c(c1)N(C[C@@H]1CC[C@H]1[C@H](C=C)O[Si](c1ccccc1)(c1ccccc1)C(C)(C)C)C[C@@]1(CCCc3cc(Cl)ccc31)CO2)S(N)(=O)=O.C=CCCCN(C[C@](O)(C(=O)OC)c1ccc2c(c1)N(C[C@@H]1CC[C@H]1[C@H](C=C)O[Si](c1ccccc1)(c1ccccc1)C(C)(C)C)C[C@@]1(CCCc3cc(Cl)ccc31)CO2)S(N)(=O)=O. The van der Waals surface area contributed by atoms with Crippen LogP contribution >= 0.6 is 23.2 Å². The van der Waals surface area contributed by atoms with Crippen LogP contribution in [0.1, 0.15) is 152 Å². The third-order valence-corrected chi connectivity index (χ3v) is 40.5. The molecule has 2 saturated carbocycles. The number of rotatable bonds is 34. The number of hydrogen-bond donors (Lipinski definition) is 4. The molecule has 14 rings (SSSR count). The lowest BCUT2D eigenvalue weighted by molar-refractivity contribution is -0.165. The lowest BCUT2D eigenvalue weighted by Crippen LogP contribution is -2.68. The van der Waals surface area contributed by atoms with E-state index >= 15 is 0 Å². The van der Waals surface area contributed by atoms with E-state index in [1.54, 1.807) is 48.6 Å². The van der Waals surface area contributed by atoms with Crippen molar-refractivity contribution in [2.45, 2.75) is 176 Å². The number of allylic oxidation sites excluding steroid dienone is 2. The summed E-state index contributed by atoms with van der Waals surface area (Å²) < 4.78 is 92.9. The van der Waals surface area contributed by atoms with Gasteiger partial charge >= 0.3 is 11.9 Å². The highest BCUT2D eigenvalue weighted by Gasteiger charge is 2.57. The summed E-state index contributed by atoms with van der Waals surface area (Å²) in [7, 11) is -12.2. The van der Waals surface area contributed by atoms with Crippen molar-refractivity contribution in [3.63, 3.8) is 0 Å². The van der Waals surface area contributed by atoms with E-state index in [0.717, 1.165) is 72.8 Å². The molecule has 8 aromatic carbocycles. The second-order valence-corrected chi connectivity index (χ2v) is 50.3. The number of nitrogens with zero attached hydrogens (tertiary/aromatic N) is 4. The summed E-state index contributed by atoms with van der Waals surface area (Å²) in [4.78, 5) is 32.1. The molecule has 0 aromatic heterocycles. The molecule has 2 aliphatic heterocycles. The summed E-state index contributed by atoms with van der Waals surface area (Å²) in [5.41, 5.74) is 0.971. The maximum atomic E-state index is 13.7. The largest absolute Gasteiger partial charge is 0.490 e. The zero-order chi connectivity index (χ0) is 91.8. The molecule has 128 heavy (non-hydrogen) atoms. The number of carbonyl (C=O) groups is 2. The van der Waals surface area contributed by atoms with Crippen molar-refractivity contribution in [1.29, 1.82) is 0 Å². The van der Waals surface area contributed by atoms with Crippen molar-refractivity contribution >= 4 is 104 Å². The molecule has 4 aliphatic carbocycles. The first-order valence-corrected chi connectivity index (χ1v) is 52.4. The molecule has 26 heteroatoms. The minimum Gasteiger partial charge on any atom is -0.490 e. The second kappa shape index (κ2) is 40.3. The molecule has 6 aliphatic rings. The minimum atomic E-state index is -4.33. The molecule has 10 atom stereocenters. The fourth-order valence-electron chi connectivity index (χ4n) is 21.0. The highest BCUT2D eigenvalue weighted by atomic mass is 35.5. The first-order chi connectivity index (χ1) is 61.0. The lowest BCUT2D eigenvalue weighted by Gasteiger charge is -2.50. The minimum absolute atomic E-state index is 0.0280. The quantitative estimate of drug-likeness (QED) is 0.0126. The number of methoxy groups -OCH3 is 2. The van der Waals surface area contributed by atoms with Crippen molar-refractivity contribution in [2.75, 3.05) is 89.6 Å². The molecule has 0 bridgehead atoms. The van der Waals surface area contributed by atoms with E-state index in [2.05, 4.69) is 223 Å². The van der Waals surface area contributed by atoms with Crippen molar-refractivity contribution in [3.8, 4) is 11.5 Å². The second-order valence-electron chi connectivity index (χ2n) is 37.9. The predicted octanol–water partition coefficient (Wildman–Crippen LogP) is 15.6. The third kappa shape index (κ3) is 20.1. The van der Waals surface area contributed by atoms with Crippen LogP contribution in [0, 0.1) is 23.7 Å². The third-order valence-electron chi connectivity index (χ3n) is 27.9. The van der Waals surface area contributed by atoms with Crippen molar-refractivity contribution in [3.05, 3.63) is 288 Å². The number of hydrogen-bond acceptors (Lipinski definition) is 16. The van der Waals surface area contributed by atoms with Gasteiger partial charge in [0.1, 0.15) is 11.5 Å². The van der Waals surface area contributed by atoms with Gasteiger partial charge in [-0.15, -0.1) is 26.3 Å². The molecular formula is C102H128Cl2N6O14S2Si2. The molecule has 20 nitrogen and oxygen atoms in total. The fraction of sp³-hybridized carbons (Fsp3) is 0.431. The molecule has 684 valence electrons. The Hall–Kier alpha value is -8.55. The first-order valence-electron chi connectivity index (χ1n) is 44.8. The Morgan fingerprint density at radius 2 is 0.867 bits per heavy atom. The van der Waals surface area contributed by atoms with Crippen molar-refractivity contribution in [2.24, 2.45) is 33.9 Å². The van der Waals surface area contributed by atoms with Gasteiger partial charge in [-0.2, -0.15) is 25.4 Å². The van der Waals surface area contributed by atoms with E-state index in [4.69, 9.17) is 61.3 Å². The Labute approximate surface area is 770 Å². The Morgan fingerprint density at radius 1 is 0.523 bits per heavy atom. The van der Waals surface area contributed by atoms with Gasteiger partial charge in [-0.25, -0.2) is 19.9 Å². The number of halogens is 2. The van der Waals surface area contributed by atoms with E-state index in [-0.39, 0.29) is 70.2 Å². The first kappa shape index (κ1) is 97.0. The molecule has 2 fully saturated rings. The number of fused-ring (bicyclic) bond motifs is 6. The van der Waals surface area contributed by atoms with Crippen molar-refractivity contribution < 1.29 is 64.4 Å². The monoisotopic (exact) mass is 1850 g/mol. The van der Waals surface area contributed by atoms with Crippen LogP contribution in [0.5, 0.6) is 11.5 Å². The molecule has 0 amide bonds. The number of aryl methyl sites for hydroxylation is 2. The molecule has 6 N–H and O–H groups in total. The number of nitrogens with two attached hydrogens (primary N) is 2. The topological polar surface area (TPSA) is 263 Å². The van der Waals surface area contributed by atoms with Crippen LogP contribution in [0.3, 0.4) is 0 Å². The van der Waals surface area contributed by atoms with E-state index in [9.17, 15) is 36.6 Å². The van der Waals surface area contributed by atoms with E-state index in [0.29, 0.717) is 98.0 Å². The molecule has 0 unspecified atom stereocenters. The smallest absolute Gasteiger partial charge is 0.343 e. The predicted molar refractivity (Wildman–Crippen MR) is 518 cm³/mol. The average Bonchev–Trinajstić information content (AvgIpc) is 1.18. The summed E-state index contributed by atoms with van der Waals surface area (Å²) in [6.07, 6.45) is 18.0. The van der Waals surface area contributed by atoms with Crippen LogP contribution in [0.15, 0.2) is 245 Å². The molecule has 0 saturated heterocycles. The van der Waals surface area contributed by atoms with Crippen LogP contribution in [0.25, 0.3) is 0 Å². The standard InChI is InChI=1S/2C51H64ClN3O7SSi/c2*1-7-9-16-30-55(63(53,58)59)35-51(57,48(56)60-6)39-24-28-47-45(32-39)54(34-50(36-61-47)29-17-18-37-31-40(52)25-27-44(37)50)33-38-23-26-43(38)46(8-2)62-64(49(3,4)5,41-19-12-10-13-20-41)42-21-14-11-15-22-42/h2*7-8,10-15,19-22,24-25,27-28,31-32,38,43,46,57H,1-2,9,16-18,23,26,29-30,33-36H2,3-6H3,(H2,53,58,59)/t38-,43+,46-,50-,51+;38-,43+,46-,50-,51-/m00/s1. The zero-order valence-electron chi connectivity index (χ0n) is 75.4. The Balaban J connectivity index is 0.000000219. The highest BCUT2D eigenvalue weighted by molar-refractivity contribution is 7.87. The molecule has 2 heterocycles. The van der Waals surface area contributed by atoms with Crippen molar-refractivity contribution in [1.82, 2.24) is 8.61 Å². The maximum absolute atomic E-state index is 13.7. The van der Waals surface area contributed by atoms with E-state index < -0.39 is 84.1 Å². The number of benzene rings is 8. The number of anilines is 2. The maximum Gasteiger partial charge on any atom is 0.343 e. The van der Waals surface area contributed by atoms with Crippen LogP contribution in [-0.4, -0.2) is 156 Å². The summed E-state index contributed by atoms with van der Waals surface area (Å²) in [5.74, 6) is -0.149. The zero-order valence-corrected chi connectivity index (χ0v) is 80.5. The van der Waals surface area contributed by atoms with Gasteiger partial charge in [0.15, 0.2) is 0 Å². The van der Waals surface area contributed by atoms with Gasteiger partial charge in [0.05, 0.1) is 64.1 Å². The number of ether oxygens (including phenoxy) is 4. The number of carbonyl (C=O) groups excluding carboxylic acids is 2. The Bertz CT molecular complexity index is 5090. The summed E-state index contributed by atoms with van der Waals surface area (Å²) in [6, 6.07) is 65.3. The molecule has 0 radical (unpaired) electrons. The molecule has 8 aromatic rings. The van der Waals surface area contributed by atoms with Gasteiger partial charge in [-0.05, 0) is 226 Å². The van der Waals surface area contributed by atoms with Gasteiger partial charge in [0.25, 0.3) is 37.1 Å². The normalized spacial score (nSPS) is 21.3. The average molecular weight is 1850 g/mol. The van der Waals surface area contributed by atoms with Crippen LogP contribution < -0.4 is 50.3 Å². The van der Waals surface area contributed by atoms with Crippen LogP contribution in [0.2, 0.25) is 20.1 Å². The fourth-order valence-corrected chi connectivity index (χ4v) is 32.3. The number of esters is 2. The van der Waals surface area contributed by atoms with Crippen LogP contribution in [0.4, 0.5) is 11.4 Å². The van der Waals surface area contributed by atoms with Gasteiger partial charge in [-0.3, -0.25) is 0 Å².